The maximum absolute atomic E-state index is 4.59. The van der Waals surface area contributed by atoms with Gasteiger partial charge in [-0.25, -0.2) is 0 Å². The lowest BCUT2D eigenvalue weighted by Crippen LogP contribution is -2.42. The topological polar surface area (TPSA) is 0 Å². The van der Waals surface area contributed by atoms with Gasteiger partial charge in [-0.15, -0.1) is 0 Å². The SMILES string of the molecule is C=C(c1cc2ccccc2c2ccccc12)[Si](C)(C)c1ccccc1. The zero-order valence-corrected chi connectivity index (χ0v) is 15.8. The van der Waals surface area contributed by atoms with Crippen molar-refractivity contribution in [1.29, 1.82) is 0 Å². The minimum atomic E-state index is -1.82. The summed E-state index contributed by atoms with van der Waals surface area (Å²) in [6, 6.07) is 30.6. The summed E-state index contributed by atoms with van der Waals surface area (Å²) in [5, 5.41) is 7.94. The van der Waals surface area contributed by atoms with E-state index in [2.05, 4.69) is 105 Å². The predicted molar refractivity (Wildman–Crippen MR) is 114 cm³/mol. The van der Waals surface area contributed by atoms with Crippen LogP contribution in [0.3, 0.4) is 0 Å². The number of hydrogen-bond acceptors (Lipinski definition) is 0. The molecule has 0 nitrogen and oxygen atoms in total. The van der Waals surface area contributed by atoms with E-state index in [1.807, 2.05) is 0 Å². The van der Waals surface area contributed by atoms with Gasteiger partial charge in [0.2, 0.25) is 0 Å². The van der Waals surface area contributed by atoms with Crippen LogP contribution in [0.5, 0.6) is 0 Å². The summed E-state index contributed by atoms with van der Waals surface area (Å²) in [6.45, 7) is 9.39. The smallest absolute Gasteiger partial charge is 0.0988 e. The van der Waals surface area contributed by atoms with Crippen LogP contribution in [-0.4, -0.2) is 8.07 Å². The van der Waals surface area contributed by atoms with Gasteiger partial charge in [0.05, 0.1) is 0 Å². The Bertz CT molecular complexity index is 1070. The van der Waals surface area contributed by atoms with Crippen molar-refractivity contribution in [3.05, 3.63) is 97.1 Å². The molecule has 0 saturated heterocycles. The lowest BCUT2D eigenvalue weighted by atomic mass is 9.97. The van der Waals surface area contributed by atoms with E-state index in [1.54, 1.807) is 0 Å². The van der Waals surface area contributed by atoms with Crippen molar-refractivity contribution in [3.8, 4) is 0 Å². The van der Waals surface area contributed by atoms with Crippen LogP contribution in [0.25, 0.3) is 26.7 Å². The van der Waals surface area contributed by atoms with E-state index in [9.17, 15) is 0 Å². The summed E-state index contributed by atoms with van der Waals surface area (Å²) in [6.07, 6.45) is 0. The molecule has 0 spiro atoms. The summed E-state index contributed by atoms with van der Waals surface area (Å²) in [7, 11) is -1.82. The molecule has 4 rings (SSSR count). The fourth-order valence-corrected chi connectivity index (χ4v) is 5.92. The van der Waals surface area contributed by atoms with Crippen molar-refractivity contribution >= 4 is 40.0 Å². The number of hydrogen-bond donors (Lipinski definition) is 0. The quantitative estimate of drug-likeness (QED) is 0.310. The van der Waals surface area contributed by atoms with Gasteiger partial charge in [-0.2, -0.15) is 0 Å². The second-order valence-corrected chi connectivity index (χ2v) is 11.6. The van der Waals surface area contributed by atoms with Crippen LogP contribution in [0.15, 0.2) is 91.5 Å². The molecule has 0 aliphatic rings. The first-order chi connectivity index (χ1) is 12.1. The van der Waals surface area contributed by atoms with E-state index < -0.39 is 8.07 Å². The Balaban J connectivity index is 1.98. The number of benzene rings is 4. The minimum absolute atomic E-state index is 1.29. The highest BCUT2D eigenvalue weighted by Gasteiger charge is 2.28. The van der Waals surface area contributed by atoms with Crippen LogP contribution in [-0.2, 0) is 0 Å². The maximum atomic E-state index is 4.59. The van der Waals surface area contributed by atoms with Crippen LogP contribution >= 0.6 is 0 Å². The molecule has 0 aliphatic carbocycles. The van der Waals surface area contributed by atoms with Gasteiger partial charge >= 0.3 is 0 Å². The Hall–Kier alpha value is -2.64. The number of fused-ring (bicyclic) bond motifs is 3. The highest BCUT2D eigenvalue weighted by atomic mass is 28.3. The third-order valence-corrected chi connectivity index (χ3v) is 8.90. The first-order valence-corrected chi connectivity index (χ1v) is 11.7. The first-order valence-electron chi connectivity index (χ1n) is 8.75. The van der Waals surface area contributed by atoms with E-state index in [0.29, 0.717) is 0 Å². The van der Waals surface area contributed by atoms with Gasteiger partial charge < -0.3 is 0 Å². The van der Waals surface area contributed by atoms with Gasteiger partial charge in [0.25, 0.3) is 0 Å². The Labute approximate surface area is 150 Å². The van der Waals surface area contributed by atoms with Crippen LogP contribution in [0.1, 0.15) is 5.56 Å². The molecule has 0 bridgehead atoms. The molecule has 0 aliphatic heterocycles. The standard InChI is InChI=1S/C24H22Si/c1-18(25(2,3)20-12-5-4-6-13-20)24-17-19-11-7-8-14-21(19)22-15-9-10-16-23(22)24/h4-17H,1H2,2-3H3. The lowest BCUT2D eigenvalue weighted by molar-refractivity contribution is 1.68. The van der Waals surface area contributed by atoms with Gasteiger partial charge in [0, 0.05) is 0 Å². The van der Waals surface area contributed by atoms with E-state index in [0.717, 1.165) is 0 Å². The number of rotatable bonds is 3. The molecule has 25 heavy (non-hydrogen) atoms. The van der Waals surface area contributed by atoms with Crippen molar-refractivity contribution in [2.75, 3.05) is 0 Å². The third kappa shape index (κ3) is 2.61. The Morgan fingerprint density at radius 2 is 1.24 bits per heavy atom. The molecule has 0 aromatic heterocycles. The normalized spacial score (nSPS) is 11.8. The second kappa shape index (κ2) is 6.02. The molecule has 0 atom stereocenters. The van der Waals surface area contributed by atoms with Crippen LogP contribution in [0.2, 0.25) is 13.1 Å². The van der Waals surface area contributed by atoms with E-state index in [-0.39, 0.29) is 0 Å². The molecular formula is C24H22Si. The van der Waals surface area contributed by atoms with Crippen LogP contribution in [0, 0.1) is 0 Å². The largest absolute Gasteiger partial charge is 0.112 e. The highest BCUT2D eigenvalue weighted by Crippen LogP contribution is 2.35. The van der Waals surface area contributed by atoms with Gasteiger partial charge in [-0.3, -0.25) is 0 Å². The zero-order chi connectivity index (χ0) is 17.4. The average molecular weight is 339 g/mol. The fourth-order valence-electron chi connectivity index (χ4n) is 3.67. The monoisotopic (exact) mass is 338 g/mol. The van der Waals surface area contributed by atoms with Gasteiger partial charge in [-0.05, 0) is 33.2 Å². The summed E-state index contributed by atoms with van der Waals surface area (Å²) in [4.78, 5) is 0. The second-order valence-electron chi connectivity index (χ2n) is 7.16. The van der Waals surface area contributed by atoms with Crippen molar-refractivity contribution < 1.29 is 0 Å². The summed E-state index contributed by atoms with van der Waals surface area (Å²) in [5.41, 5.74) is 1.30. The summed E-state index contributed by atoms with van der Waals surface area (Å²) in [5.74, 6) is 0. The average Bonchev–Trinajstić information content (AvgIpc) is 2.67. The minimum Gasteiger partial charge on any atom is -0.0988 e. The zero-order valence-electron chi connectivity index (χ0n) is 14.8. The molecule has 0 amide bonds. The molecule has 4 aromatic rings. The molecule has 0 fully saturated rings. The third-order valence-electron chi connectivity index (χ3n) is 5.34. The summed E-state index contributed by atoms with van der Waals surface area (Å²) < 4.78 is 0. The first kappa shape index (κ1) is 15.9. The highest BCUT2D eigenvalue weighted by molar-refractivity contribution is 7.04. The summed E-state index contributed by atoms with van der Waals surface area (Å²) >= 11 is 0. The molecule has 0 radical (unpaired) electrons. The Morgan fingerprint density at radius 3 is 1.96 bits per heavy atom. The molecule has 0 saturated carbocycles. The predicted octanol–water partition coefficient (Wildman–Crippen LogP) is 6.16. The van der Waals surface area contributed by atoms with Gasteiger partial charge in [0.1, 0.15) is 8.07 Å². The Morgan fingerprint density at radius 1 is 0.680 bits per heavy atom. The van der Waals surface area contributed by atoms with Crippen LogP contribution in [0.4, 0.5) is 0 Å². The van der Waals surface area contributed by atoms with Crippen LogP contribution < -0.4 is 5.19 Å². The van der Waals surface area contributed by atoms with E-state index in [4.69, 9.17) is 0 Å². The molecular weight excluding hydrogens is 316 g/mol. The van der Waals surface area contributed by atoms with Crippen molar-refractivity contribution in [3.63, 3.8) is 0 Å². The van der Waals surface area contributed by atoms with Crippen molar-refractivity contribution in [2.24, 2.45) is 0 Å². The van der Waals surface area contributed by atoms with E-state index in [1.165, 1.54) is 37.5 Å². The molecule has 122 valence electrons. The molecule has 0 heterocycles. The molecule has 0 N–H and O–H groups in total. The Kier molecular flexibility index (Phi) is 3.82. The fraction of sp³-hybridized carbons (Fsp3) is 0.0833. The molecule has 1 heteroatoms. The van der Waals surface area contributed by atoms with Crippen molar-refractivity contribution in [2.45, 2.75) is 13.1 Å². The van der Waals surface area contributed by atoms with Gasteiger partial charge in [-0.1, -0.05) is 109 Å². The van der Waals surface area contributed by atoms with Gasteiger partial charge in [0.15, 0.2) is 0 Å². The molecule has 4 aromatic carbocycles. The lowest BCUT2D eigenvalue weighted by Gasteiger charge is -2.27. The molecule has 0 unspecified atom stereocenters. The maximum Gasteiger partial charge on any atom is 0.112 e. The van der Waals surface area contributed by atoms with E-state index >= 15 is 0 Å². The van der Waals surface area contributed by atoms with Crippen molar-refractivity contribution in [1.82, 2.24) is 0 Å².